The minimum absolute atomic E-state index is 0.0278. The quantitative estimate of drug-likeness (QED) is 0.835. The van der Waals surface area contributed by atoms with Crippen LogP contribution in [0, 0.1) is 5.92 Å². The number of hydrogen-bond acceptors (Lipinski definition) is 3. The molecule has 1 heterocycles. The molecule has 0 aliphatic carbocycles. The zero-order chi connectivity index (χ0) is 14.7. The van der Waals surface area contributed by atoms with Crippen LogP contribution in [0.25, 0.3) is 0 Å². The van der Waals surface area contributed by atoms with Crippen LogP contribution in [0.5, 0.6) is 0 Å². The van der Waals surface area contributed by atoms with Gasteiger partial charge in [0.05, 0.1) is 16.6 Å². The Morgan fingerprint density at radius 3 is 2.70 bits per heavy atom. The second kappa shape index (κ2) is 6.29. The monoisotopic (exact) mass is 308 g/mol. The zero-order valence-electron chi connectivity index (χ0n) is 11.4. The number of amides is 1. The lowest BCUT2D eigenvalue weighted by Crippen LogP contribution is -2.31. The first-order valence-corrected chi connectivity index (χ1v) is 7.64. The average Bonchev–Trinajstić information content (AvgIpc) is 2.91. The molecular weight excluding hydrogens is 292 g/mol. The molecule has 0 spiro atoms. The summed E-state index contributed by atoms with van der Waals surface area (Å²) in [6.45, 7) is 4.15. The highest BCUT2D eigenvalue weighted by molar-refractivity contribution is 7.10. The Morgan fingerprint density at radius 2 is 2.10 bits per heavy atom. The third kappa shape index (κ3) is 3.32. The van der Waals surface area contributed by atoms with Crippen molar-refractivity contribution >= 4 is 34.5 Å². The molecule has 0 aliphatic rings. The third-order valence-corrected chi connectivity index (χ3v) is 4.32. The molecule has 2 aromatic rings. The predicted molar refractivity (Wildman–Crippen MR) is 85.2 cm³/mol. The smallest absolute Gasteiger partial charge is 0.253 e. The number of nitrogens with two attached hydrogens (primary N) is 1. The minimum atomic E-state index is -0.200. The second-order valence-corrected chi connectivity index (χ2v) is 6.34. The highest BCUT2D eigenvalue weighted by Crippen LogP contribution is 2.27. The van der Waals surface area contributed by atoms with Gasteiger partial charge in [0, 0.05) is 10.6 Å². The summed E-state index contributed by atoms with van der Waals surface area (Å²) in [5.41, 5.74) is 6.65. The lowest BCUT2D eigenvalue weighted by molar-refractivity contribution is 0.0926. The van der Waals surface area contributed by atoms with Crippen molar-refractivity contribution in [3.63, 3.8) is 0 Å². The van der Waals surface area contributed by atoms with Crippen molar-refractivity contribution in [3.05, 3.63) is 51.2 Å². The topological polar surface area (TPSA) is 55.1 Å². The fraction of sp³-hybridized carbons (Fsp3) is 0.267. The molecule has 1 aromatic heterocycles. The van der Waals surface area contributed by atoms with E-state index in [4.69, 9.17) is 17.3 Å². The van der Waals surface area contributed by atoms with Gasteiger partial charge in [-0.3, -0.25) is 4.79 Å². The molecule has 1 atom stereocenters. The number of rotatable bonds is 4. The van der Waals surface area contributed by atoms with Gasteiger partial charge in [0.25, 0.3) is 5.91 Å². The first kappa shape index (κ1) is 14.9. The standard InChI is InChI=1S/C15H17ClN2OS/c1-9(2)14(13-4-3-7-20-13)18-15(19)11-8-10(17)5-6-12(11)16/h3-9,14H,17H2,1-2H3,(H,18,19). The Hall–Kier alpha value is -1.52. The van der Waals surface area contributed by atoms with E-state index in [1.807, 2.05) is 17.5 Å². The number of nitrogen functional groups attached to an aromatic ring is 1. The van der Waals surface area contributed by atoms with E-state index in [0.29, 0.717) is 16.3 Å². The van der Waals surface area contributed by atoms with E-state index in [1.165, 1.54) is 0 Å². The molecule has 2 rings (SSSR count). The average molecular weight is 309 g/mol. The van der Waals surface area contributed by atoms with Crippen molar-refractivity contribution in [2.24, 2.45) is 5.92 Å². The first-order chi connectivity index (χ1) is 9.49. The lowest BCUT2D eigenvalue weighted by Gasteiger charge is -2.21. The number of carbonyl (C=O) groups is 1. The van der Waals surface area contributed by atoms with Crippen molar-refractivity contribution in [2.45, 2.75) is 19.9 Å². The summed E-state index contributed by atoms with van der Waals surface area (Å²) < 4.78 is 0. The first-order valence-electron chi connectivity index (χ1n) is 6.38. The molecular formula is C15H17ClN2OS. The normalized spacial score (nSPS) is 12.4. The molecule has 0 saturated carbocycles. The minimum Gasteiger partial charge on any atom is -0.399 e. The van der Waals surface area contributed by atoms with Gasteiger partial charge in [-0.05, 0) is 35.6 Å². The molecule has 1 aromatic carbocycles. The maximum absolute atomic E-state index is 12.4. The van der Waals surface area contributed by atoms with Gasteiger partial charge in [-0.1, -0.05) is 31.5 Å². The van der Waals surface area contributed by atoms with E-state index in [-0.39, 0.29) is 17.9 Å². The van der Waals surface area contributed by atoms with Crippen molar-refractivity contribution in [3.8, 4) is 0 Å². The van der Waals surface area contributed by atoms with Gasteiger partial charge in [-0.25, -0.2) is 0 Å². The van der Waals surface area contributed by atoms with E-state index in [9.17, 15) is 4.79 Å². The number of thiophene rings is 1. The van der Waals surface area contributed by atoms with Crippen LogP contribution in [0.15, 0.2) is 35.7 Å². The van der Waals surface area contributed by atoms with Gasteiger partial charge < -0.3 is 11.1 Å². The van der Waals surface area contributed by atoms with Crippen LogP contribution in [0.4, 0.5) is 5.69 Å². The summed E-state index contributed by atoms with van der Waals surface area (Å²) in [4.78, 5) is 13.5. The molecule has 3 N–H and O–H groups in total. The maximum atomic E-state index is 12.4. The van der Waals surface area contributed by atoms with Gasteiger partial charge in [0.1, 0.15) is 0 Å². The summed E-state index contributed by atoms with van der Waals surface area (Å²) in [5.74, 6) is 0.0897. The molecule has 0 aliphatic heterocycles. The number of carbonyl (C=O) groups excluding carboxylic acids is 1. The Balaban J connectivity index is 2.23. The van der Waals surface area contributed by atoms with Crippen LogP contribution in [0.2, 0.25) is 5.02 Å². The number of halogens is 1. The van der Waals surface area contributed by atoms with Crippen molar-refractivity contribution < 1.29 is 4.79 Å². The van der Waals surface area contributed by atoms with Crippen LogP contribution in [0.1, 0.15) is 35.1 Å². The molecule has 1 amide bonds. The summed E-state index contributed by atoms with van der Waals surface area (Å²) in [6, 6.07) is 8.90. The van der Waals surface area contributed by atoms with Crippen molar-refractivity contribution in [1.29, 1.82) is 0 Å². The molecule has 20 heavy (non-hydrogen) atoms. The fourth-order valence-corrected chi connectivity index (χ4v) is 3.12. The van der Waals surface area contributed by atoms with E-state index in [1.54, 1.807) is 29.5 Å². The number of nitrogens with one attached hydrogen (secondary N) is 1. The van der Waals surface area contributed by atoms with E-state index < -0.39 is 0 Å². The van der Waals surface area contributed by atoms with E-state index in [2.05, 4.69) is 19.2 Å². The fourth-order valence-electron chi connectivity index (χ4n) is 1.97. The summed E-state index contributed by atoms with van der Waals surface area (Å²) in [6.07, 6.45) is 0. The Kier molecular flexibility index (Phi) is 4.68. The van der Waals surface area contributed by atoms with Crippen LogP contribution < -0.4 is 11.1 Å². The highest BCUT2D eigenvalue weighted by atomic mass is 35.5. The molecule has 0 radical (unpaired) electrons. The van der Waals surface area contributed by atoms with Crippen LogP contribution in [-0.2, 0) is 0 Å². The van der Waals surface area contributed by atoms with Crippen LogP contribution in [-0.4, -0.2) is 5.91 Å². The number of anilines is 1. The van der Waals surface area contributed by atoms with E-state index >= 15 is 0 Å². The van der Waals surface area contributed by atoms with E-state index in [0.717, 1.165) is 4.88 Å². The summed E-state index contributed by atoms with van der Waals surface area (Å²) >= 11 is 7.70. The molecule has 0 saturated heterocycles. The number of benzene rings is 1. The largest absolute Gasteiger partial charge is 0.399 e. The van der Waals surface area contributed by atoms with Crippen LogP contribution in [0.3, 0.4) is 0 Å². The Morgan fingerprint density at radius 1 is 1.35 bits per heavy atom. The van der Waals surface area contributed by atoms with Crippen LogP contribution >= 0.6 is 22.9 Å². The predicted octanol–water partition coefficient (Wildman–Crippen LogP) is 4.11. The molecule has 3 nitrogen and oxygen atoms in total. The Bertz CT molecular complexity index is 596. The second-order valence-electron chi connectivity index (χ2n) is 4.95. The summed E-state index contributed by atoms with van der Waals surface area (Å²) in [7, 11) is 0. The van der Waals surface area contributed by atoms with Crippen molar-refractivity contribution in [2.75, 3.05) is 5.73 Å². The summed E-state index contributed by atoms with van der Waals surface area (Å²) in [5, 5.41) is 5.45. The van der Waals surface area contributed by atoms with Gasteiger partial charge in [-0.15, -0.1) is 11.3 Å². The lowest BCUT2D eigenvalue weighted by atomic mass is 10.0. The molecule has 5 heteroatoms. The molecule has 0 bridgehead atoms. The Labute approximate surface area is 127 Å². The van der Waals surface area contributed by atoms with Crippen molar-refractivity contribution in [1.82, 2.24) is 5.32 Å². The molecule has 106 valence electrons. The molecule has 0 fully saturated rings. The van der Waals surface area contributed by atoms with Gasteiger partial charge >= 0.3 is 0 Å². The SMILES string of the molecule is CC(C)C(NC(=O)c1cc(N)ccc1Cl)c1cccs1. The number of hydrogen-bond donors (Lipinski definition) is 2. The highest BCUT2D eigenvalue weighted by Gasteiger charge is 2.21. The third-order valence-electron chi connectivity index (χ3n) is 3.04. The van der Waals surface area contributed by atoms with Gasteiger partial charge in [0.15, 0.2) is 0 Å². The molecule has 1 unspecified atom stereocenters. The van der Waals surface area contributed by atoms with Gasteiger partial charge in [0.2, 0.25) is 0 Å². The van der Waals surface area contributed by atoms with Gasteiger partial charge in [-0.2, -0.15) is 0 Å². The maximum Gasteiger partial charge on any atom is 0.253 e. The zero-order valence-corrected chi connectivity index (χ0v) is 13.0.